The molecule has 0 heterocycles. The molecule has 0 radical (unpaired) electrons. The Morgan fingerprint density at radius 3 is 1.90 bits per heavy atom. The molecule has 7 heteroatoms. The van der Waals surface area contributed by atoms with Gasteiger partial charge >= 0.3 is 11.9 Å². The molecule has 0 saturated heterocycles. The molecule has 0 spiro atoms. The minimum Gasteiger partial charge on any atom is -0.481 e. The molecule has 30 heavy (non-hydrogen) atoms. The third-order valence-corrected chi connectivity index (χ3v) is 4.27. The van der Waals surface area contributed by atoms with Crippen LogP contribution in [-0.2, 0) is 14.3 Å². The van der Waals surface area contributed by atoms with E-state index in [1.54, 1.807) is 20.8 Å². The van der Waals surface area contributed by atoms with Gasteiger partial charge in [0.2, 0.25) is 0 Å². The molecular weight excluding hydrogens is 386 g/mol. The Morgan fingerprint density at radius 1 is 0.867 bits per heavy atom. The molecule has 0 aliphatic rings. The number of carbonyl (C=O) groups excluding carboxylic acids is 3. The number of rotatable bonds is 9. The van der Waals surface area contributed by atoms with Crippen LogP contribution in [0, 0.1) is 0 Å². The predicted octanol–water partition coefficient (Wildman–Crippen LogP) is 3.68. The van der Waals surface area contributed by atoms with Crippen molar-refractivity contribution in [1.82, 2.24) is 5.32 Å². The highest BCUT2D eigenvalue weighted by Gasteiger charge is 2.20. The fourth-order valence-corrected chi connectivity index (χ4v) is 2.75. The van der Waals surface area contributed by atoms with Crippen LogP contribution in [0.4, 0.5) is 0 Å². The van der Waals surface area contributed by atoms with Crippen molar-refractivity contribution in [3.63, 3.8) is 0 Å². The van der Waals surface area contributed by atoms with Crippen LogP contribution in [0.2, 0.25) is 0 Å². The van der Waals surface area contributed by atoms with Crippen molar-refractivity contribution < 1.29 is 28.6 Å². The minimum absolute atomic E-state index is 0.141. The quantitative estimate of drug-likeness (QED) is 0.631. The summed E-state index contributed by atoms with van der Waals surface area (Å²) < 4.78 is 15.7. The van der Waals surface area contributed by atoms with E-state index < -0.39 is 18.0 Å². The number of amides is 1. The summed E-state index contributed by atoms with van der Waals surface area (Å²) in [6.45, 7) is 7.22. The SMILES string of the molecule is CCOC(=O)c1cc(O[C@@H](C)C(=O)N[C@@H](C)c2ccccc2)cc(C(=O)OCC)c1. The zero-order valence-electron chi connectivity index (χ0n) is 17.6. The van der Waals surface area contributed by atoms with Gasteiger partial charge in [-0.15, -0.1) is 0 Å². The van der Waals surface area contributed by atoms with Crippen molar-refractivity contribution in [3.8, 4) is 5.75 Å². The standard InChI is InChI=1S/C23H27NO6/c1-5-28-22(26)18-12-19(23(27)29-6-2)14-20(13-18)30-16(4)21(25)24-15(3)17-10-8-7-9-11-17/h7-16H,5-6H2,1-4H3,(H,24,25)/t15-,16-/m0/s1. The topological polar surface area (TPSA) is 90.9 Å². The minimum atomic E-state index is -0.858. The zero-order chi connectivity index (χ0) is 22.1. The lowest BCUT2D eigenvalue weighted by Gasteiger charge is -2.19. The van der Waals surface area contributed by atoms with E-state index in [1.165, 1.54) is 18.2 Å². The summed E-state index contributed by atoms with van der Waals surface area (Å²) in [5.41, 5.74) is 1.25. The molecule has 0 aromatic heterocycles. The van der Waals surface area contributed by atoms with Crippen molar-refractivity contribution >= 4 is 17.8 Å². The van der Waals surface area contributed by atoms with E-state index in [0.29, 0.717) is 0 Å². The monoisotopic (exact) mass is 413 g/mol. The van der Waals surface area contributed by atoms with Crippen LogP contribution in [-0.4, -0.2) is 37.2 Å². The van der Waals surface area contributed by atoms with E-state index in [9.17, 15) is 14.4 Å². The van der Waals surface area contributed by atoms with E-state index in [0.717, 1.165) is 5.56 Å². The molecule has 0 aliphatic heterocycles. The molecule has 0 unspecified atom stereocenters. The highest BCUT2D eigenvalue weighted by molar-refractivity contribution is 5.96. The maximum atomic E-state index is 12.6. The van der Waals surface area contributed by atoms with E-state index in [-0.39, 0.29) is 42.0 Å². The van der Waals surface area contributed by atoms with Gasteiger partial charge < -0.3 is 19.5 Å². The van der Waals surface area contributed by atoms with E-state index in [4.69, 9.17) is 14.2 Å². The Bertz CT molecular complexity index is 844. The smallest absolute Gasteiger partial charge is 0.338 e. The number of esters is 2. The van der Waals surface area contributed by atoms with Gasteiger partial charge in [-0.2, -0.15) is 0 Å². The zero-order valence-corrected chi connectivity index (χ0v) is 17.6. The molecule has 160 valence electrons. The number of hydrogen-bond donors (Lipinski definition) is 1. The van der Waals surface area contributed by atoms with Gasteiger partial charge in [0.25, 0.3) is 5.91 Å². The van der Waals surface area contributed by atoms with Gasteiger partial charge in [0, 0.05) is 0 Å². The number of benzene rings is 2. The summed E-state index contributed by atoms with van der Waals surface area (Å²) >= 11 is 0. The lowest BCUT2D eigenvalue weighted by Crippen LogP contribution is -2.37. The molecule has 7 nitrogen and oxygen atoms in total. The molecule has 2 atom stereocenters. The fraction of sp³-hybridized carbons (Fsp3) is 0.348. The number of carbonyl (C=O) groups is 3. The van der Waals surface area contributed by atoms with Gasteiger partial charge in [-0.25, -0.2) is 9.59 Å². The van der Waals surface area contributed by atoms with Crippen molar-refractivity contribution in [2.45, 2.75) is 39.8 Å². The first-order valence-electron chi connectivity index (χ1n) is 9.87. The summed E-state index contributed by atoms with van der Waals surface area (Å²) in [4.78, 5) is 36.8. The Hall–Kier alpha value is -3.35. The molecule has 2 aromatic carbocycles. The Kier molecular flexibility index (Phi) is 8.41. The van der Waals surface area contributed by atoms with Crippen LogP contribution in [0.1, 0.15) is 60.0 Å². The average Bonchev–Trinajstić information content (AvgIpc) is 2.74. The Balaban J connectivity index is 2.17. The van der Waals surface area contributed by atoms with E-state index in [2.05, 4.69) is 5.32 Å². The van der Waals surface area contributed by atoms with Crippen LogP contribution in [0.5, 0.6) is 5.75 Å². The maximum Gasteiger partial charge on any atom is 0.338 e. The molecular formula is C23H27NO6. The van der Waals surface area contributed by atoms with Crippen molar-refractivity contribution in [2.75, 3.05) is 13.2 Å². The van der Waals surface area contributed by atoms with E-state index in [1.807, 2.05) is 37.3 Å². The fourth-order valence-electron chi connectivity index (χ4n) is 2.75. The summed E-state index contributed by atoms with van der Waals surface area (Å²) in [6.07, 6.45) is -0.858. The maximum absolute atomic E-state index is 12.6. The second-order valence-corrected chi connectivity index (χ2v) is 6.59. The molecule has 1 N–H and O–H groups in total. The first kappa shape index (κ1) is 22.9. The van der Waals surface area contributed by atoms with Crippen molar-refractivity contribution in [3.05, 3.63) is 65.2 Å². The largest absolute Gasteiger partial charge is 0.481 e. The predicted molar refractivity (Wildman–Crippen MR) is 111 cm³/mol. The van der Waals surface area contributed by atoms with Crippen LogP contribution in [0.25, 0.3) is 0 Å². The molecule has 0 fully saturated rings. The van der Waals surface area contributed by atoms with Gasteiger partial charge in [0.15, 0.2) is 6.10 Å². The number of nitrogens with one attached hydrogen (secondary N) is 1. The molecule has 0 aliphatic carbocycles. The van der Waals surface area contributed by atoms with Gasteiger partial charge in [0.1, 0.15) is 5.75 Å². The first-order valence-corrected chi connectivity index (χ1v) is 9.87. The second kappa shape index (κ2) is 11.0. The summed E-state index contributed by atoms with van der Waals surface area (Å²) in [6, 6.07) is 13.6. The van der Waals surface area contributed by atoms with Gasteiger partial charge in [-0.1, -0.05) is 30.3 Å². The Morgan fingerprint density at radius 2 is 1.40 bits per heavy atom. The van der Waals surface area contributed by atoms with E-state index >= 15 is 0 Å². The van der Waals surface area contributed by atoms with Crippen LogP contribution < -0.4 is 10.1 Å². The van der Waals surface area contributed by atoms with Gasteiger partial charge in [-0.3, -0.25) is 4.79 Å². The van der Waals surface area contributed by atoms with Crippen LogP contribution in [0.15, 0.2) is 48.5 Å². The highest BCUT2D eigenvalue weighted by atomic mass is 16.5. The summed E-state index contributed by atoms with van der Waals surface area (Å²) in [5.74, 6) is -1.32. The van der Waals surface area contributed by atoms with Crippen molar-refractivity contribution in [2.24, 2.45) is 0 Å². The van der Waals surface area contributed by atoms with Crippen molar-refractivity contribution in [1.29, 1.82) is 0 Å². The summed E-state index contributed by atoms with van der Waals surface area (Å²) in [5, 5.41) is 2.88. The molecule has 2 aromatic rings. The van der Waals surface area contributed by atoms with Crippen LogP contribution in [0.3, 0.4) is 0 Å². The molecule has 1 amide bonds. The third-order valence-electron chi connectivity index (χ3n) is 4.27. The highest BCUT2D eigenvalue weighted by Crippen LogP contribution is 2.21. The molecule has 0 saturated carbocycles. The first-order chi connectivity index (χ1) is 14.3. The summed E-state index contributed by atoms with van der Waals surface area (Å²) in [7, 11) is 0. The lowest BCUT2D eigenvalue weighted by molar-refractivity contribution is -0.127. The second-order valence-electron chi connectivity index (χ2n) is 6.59. The molecule has 2 rings (SSSR count). The van der Waals surface area contributed by atoms with Gasteiger partial charge in [-0.05, 0) is 51.5 Å². The van der Waals surface area contributed by atoms with Crippen LogP contribution >= 0.6 is 0 Å². The third kappa shape index (κ3) is 6.34. The molecule has 0 bridgehead atoms. The number of hydrogen-bond acceptors (Lipinski definition) is 6. The number of ether oxygens (including phenoxy) is 3. The Labute approximate surface area is 176 Å². The average molecular weight is 413 g/mol. The normalized spacial score (nSPS) is 12.4. The van der Waals surface area contributed by atoms with Gasteiger partial charge in [0.05, 0.1) is 30.4 Å². The lowest BCUT2D eigenvalue weighted by atomic mass is 10.1.